The van der Waals surface area contributed by atoms with Gasteiger partial charge in [-0.2, -0.15) is 11.8 Å². The second-order valence-electron chi connectivity index (χ2n) is 20.5. The van der Waals surface area contributed by atoms with Gasteiger partial charge in [0.25, 0.3) is 0 Å². The number of thioether (sulfide) groups is 1. The van der Waals surface area contributed by atoms with Gasteiger partial charge in [0.15, 0.2) is 11.9 Å². The molecule has 444 valence electrons. The maximum atomic E-state index is 7.61. The van der Waals surface area contributed by atoms with Gasteiger partial charge < -0.3 is 59.9 Å². The van der Waals surface area contributed by atoms with Crippen LogP contribution in [0.2, 0.25) is 0 Å². The summed E-state index contributed by atoms with van der Waals surface area (Å²) in [7, 11) is 6.22. The highest BCUT2D eigenvalue weighted by Crippen LogP contribution is 2.13. The van der Waals surface area contributed by atoms with E-state index in [1.807, 2.05) is 51.4 Å². The number of likely N-dealkylation sites (N-methyl/N-ethyl adjacent to an activating group) is 1. The zero-order valence-corrected chi connectivity index (χ0v) is 51.2. The number of nitrogens with one attached hydrogen (secondary N) is 6. The first-order valence-corrected chi connectivity index (χ1v) is 31.1. The molecule has 21 heteroatoms. The number of piperazine rings is 1. The van der Waals surface area contributed by atoms with Gasteiger partial charge in [-0.25, -0.2) is 0 Å². The molecule has 20 nitrogen and oxygen atoms in total. The molecule has 0 amide bonds. The first-order valence-electron chi connectivity index (χ1n) is 30.0. The van der Waals surface area contributed by atoms with Crippen LogP contribution in [0.3, 0.4) is 0 Å². The van der Waals surface area contributed by atoms with Crippen molar-refractivity contribution < 1.29 is 4.74 Å². The molecule has 0 atom stereocenters. The lowest BCUT2D eigenvalue weighted by Gasteiger charge is -2.39. The Kier molecular flexibility index (Phi) is 38.0. The smallest absolute Gasteiger partial charge is 0.196 e. The number of fused-ring (bicyclic) bond motifs is 1. The van der Waals surface area contributed by atoms with E-state index in [1.54, 1.807) is 0 Å². The summed E-state index contributed by atoms with van der Waals surface area (Å²) in [6, 6.07) is 0. The zero-order valence-electron chi connectivity index (χ0n) is 50.3. The molecule has 0 unspecified atom stereocenters. The number of morpholine rings is 1. The molecule has 9 rings (SSSR count). The van der Waals surface area contributed by atoms with Crippen molar-refractivity contribution in [1.29, 1.82) is 27.0 Å². The number of amidine groups is 6. The van der Waals surface area contributed by atoms with E-state index in [2.05, 4.69) is 87.4 Å². The fourth-order valence-corrected chi connectivity index (χ4v) is 10.3. The highest BCUT2D eigenvalue weighted by Gasteiger charge is 2.22. The number of nitrogens with zero attached hydrogens (tertiary/aromatic N) is 12. The number of likely N-dealkylation sites (tertiary alicyclic amines) is 2. The molecule has 0 radical (unpaired) electrons. The second-order valence-corrected chi connectivity index (χ2v) is 21.7. The molecule has 0 aromatic carbocycles. The van der Waals surface area contributed by atoms with Crippen LogP contribution in [0.5, 0.6) is 0 Å². The van der Waals surface area contributed by atoms with Gasteiger partial charge in [0.05, 0.1) is 48.2 Å². The Morgan fingerprint density at radius 3 is 1.32 bits per heavy atom. The van der Waals surface area contributed by atoms with Gasteiger partial charge in [-0.1, -0.05) is 41.5 Å². The zero-order chi connectivity index (χ0) is 56.6. The first-order chi connectivity index (χ1) is 37.2. The molecule has 0 aromatic heterocycles. The number of nitrogens with two attached hydrogens (primary N) is 1. The summed E-state index contributed by atoms with van der Waals surface area (Å²) in [4.78, 5) is 32.5. The quantitative estimate of drug-likeness (QED) is 0.106. The Labute approximate surface area is 473 Å². The van der Waals surface area contributed by atoms with Crippen LogP contribution in [0, 0.1) is 27.0 Å². The van der Waals surface area contributed by atoms with Crippen molar-refractivity contribution in [3.8, 4) is 0 Å². The van der Waals surface area contributed by atoms with E-state index in [9.17, 15) is 0 Å². The Morgan fingerprint density at radius 1 is 0.468 bits per heavy atom. The van der Waals surface area contributed by atoms with Crippen LogP contribution >= 0.6 is 11.8 Å². The number of hydrogen-bond donors (Lipinski definition) is 7. The summed E-state index contributed by atoms with van der Waals surface area (Å²) >= 11 is 1.99. The number of guanidine groups is 2. The molecule has 9 aliphatic rings. The molecule has 0 aliphatic carbocycles. The van der Waals surface area contributed by atoms with Crippen molar-refractivity contribution in [1.82, 2.24) is 49.4 Å². The summed E-state index contributed by atoms with van der Waals surface area (Å²) in [5.74, 6) is 9.44. The van der Waals surface area contributed by atoms with E-state index in [4.69, 9.17) is 37.5 Å². The first kappa shape index (κ1) is 68.7. The summed E-state index contributed by atoms with van der Waals surface area (Å²) in [6.07, 6.45) is 16.7. The molecule has 8 N–H and O–H groups in total. The SMILES string of the molecule is CCC(=N)N1CCCC1.CCC(=N)N1CCCCC1.CCC(=N)N1CCN(C)CC1.CCC(=N)N1CCOCC1.CCC(=N)N1CCSCC1.CCC1=NCCCN1.CN1CCCN2CCCN=C12.CN1CCCN=C1N. The maximum Gasteiger partial charge on any atom is 0.196 e. The predicted octanol–water partition coefficient (Wildman–Crippen LogP) is 6.89. The third-order valence-electron chi connectivity index (χ3n) is 14.6. The normalized spacial score (nSPS) is 20.2. The monoisotopic (exact) mass is 1100 g/mol. The van der Waals surface area contributed by atoms with Gasteiger partial charge in [0.1, 0.15) is 0 Å². The van der Waals surface area contributed by atoms with Crippen molar-refractivity contribution in [2.45, 2.75) is 138 Å². The van der Waals surface area contributed by atoms with Crippen LogP contribution in [0.15, 0.2) is 15.0 Å². The molecular weight excluding hydrogens is 987 g/mol. The predicted molar refractivity (Wildman–Crippen MR) is 331 cm³/mol. The van der Waals surface area contributed by atoms with Gasteiger partial charge in [0, 0.05) is 195 Å². The largest absolute Gasteiger partial charge is 0.378 e. The topological polar surface area (TPSA) is 233 Å². The van der Waals surface area contributed by atoms with E-state index in [1.165, 1.54) is 94.3 Å². The second kappa shape index (κ2) is 42.6. The Balaban J connectivity index is 0.000000302. The third kappa shape index (κ3) is 29.4. The average molecular weight is 1100 g/mol. The highest BCUT2D eigenvalue weighted by atomic mass is 32.2. The van der Waals surface area contributed by atoms with Crippen molar-refractivity contribution >= 4 is 58.7 Å². The number of ether oxygens (including phenoxy) is 1. The Hall–Kier alpha value is -4.37. The van der Waals surface area contributed by atoms with Gasteiger partial charge in [-0.3, -0.25) is 42.0 Å². The summed E-state index contributed by atoms with van der Waals surface area (Å²) in [5.41, 5.74) is 5.45. The molecule has 6 saturated heterocycles. The lowest BCUT2D eigenvalue weighted by Crippen LogP contribution is -2.50. The summed E-state index contributed by atoms with van der Waals surface area (Å²) in [6.45, 7) is 35.3. The van der Waals surface area contributed by atoms with E-state index in [0.717, 1.165) is 199 Å². The molecule has 9 heterocycles. The van der Waals surface area contributed by atoms with E-state index in [-0.39, 0.29) is 0 Å². The molecule has 0 aromatic rings. The summed E-state index contributed by atoms with van der Waals surface area (Å²) in [5, 5.41) is 40.9. The van der Waals surface area contributed by atoms with Gasteiger partial charge >= 0.3 is 0 Å². The fourth-order valence-electron chi connectivity index (χ4n) is 9.38. The number of aliphatic imine (C=N–C) groups is 3. The van der Waals surface area contributed by atoms with Crippen LogP contribution < -0.4 is 11.1 Å². The van der Waals surface area contributed by atoms with E-state index < -0.39 is 0 Å². The van der Waals surface area contributed by atoms with Crippen LogP contribution in [-0.2, 0) is 4.74 Å². The average Bonchev–Trinajstić information content (AvgIpc) is 4.05. The highest BCUT2D eigenvalue weighted by molar-refractivity contribution is 7.99. The Bertz CT molecular complexity index is 1640. The van der Waals surface area contributed by atoms with E-state index in [0.29, 0.717) is 5.96 Å². The summed E-state index contributed by atoms with van der Waals surface area (Å²) < 4.78 is 5.16. The molecular formula is C56H113N19OS. The van der Waals surface area contributed by atoms with Crippen molar-refractivity contribution in [3.05, 3.63) is 0 Å². The van der Waals surface area contributed by atoms with Gasteiger partial charge in [0.2, 0.25) is 0 Å². The number of rotatable bonds is 6. The third-order valence-corrected chi connectivity index (χ3v) is 15.5. The molecule has 0 bridgehead atoms. The maximum absolute atomic E-state index is 7.61. The van der Waals surface area contributed by atoms with Gasteiger partial charge in [-0.15, -0.1) is 0 Å². The van der Waals surface area contributed by atoms with Gasteiger partial charge in [-0.05, 0) is 64.8 Å². The molecule has 77 heavy (non-hydrogen) atoms. The minimum atomic E-state index is 0.677. The number of hydrogen-bond acceptors (Lipinski definition) is 16. The lowest BCUT2D eigenvalue weighted by atomic mass is 10.1. The number of piperidine rings is 1. The fraction of sp³-hybridized carbons (Fsp3) is 0.857. The van der Waals surface area contributed by atoms with Crippen molar-refractivity contribution in [3.63, 3.8) is 0 Å². The van der Waals surface area contributed by atoms with E-state index >= 15 is 0 Å². The van der Waals surface area contributed by atoms with Crippen LogP contribution in [0.4, 0.5) is 0 Å². The standard InChI is InChI=1S/C8H15N3.C8H17N3.C8H16N2.C7H14N2O.C7H14N2S.C7H14N2.C6H12N2.C5H11N3/c1-10-5-3-7-11-6-2-4-9-8(10)11;1-3-8(9)11-6-4-10(2)5-7-11;1-2-8(9)10-6-4-3-5-7-10;2*1-2-7(8)9-3-5-10-6-4-9;1-2-7(8)9-5-3-4-6-9;1-2-6-7-4-3-5-8-6;1-8-4-2-3-7-5(8)6/h2-7H2,1H3;9H,3-7H2,1-2H3;9H,2-7H2,1H3;2*8H,2-6H2,1H3;8H,2-6H2,1H3;2-5H2,1H3,(H,7,8);2-4H2,1H3,(H2,6,7). The minimum Gasteiger partial charge on any atom is -0.378 e. The minimum absolute atomic E-state index is 0.677. The van der Waals surface area contributed by atoms with Crippen molar-refractivity contribution in [2.75, 3.05) is 177 Å². The molecule has 9 aliphatic heterocycles. The Morgan fingerprint density at radius 2 is 0.896 bits per heavy atom. The van der Waals surface area contributed by atoms with Crippen molar-refractivity contribution in [2.24, 2.45) is 20.7 Å². The van der Waals surface area contributed by atoms with Crippen LogP contribution in [0.1, 0.15) is 138 Å². The van der Waals surface area contributed by atoms with Crippen LogP contribution in [-0.4, -0.2) is 268 Å². The molecule has 0 spiro atoms. The molecule has 0 saturated carbocycles. The van der Waals surface area contributed by atoms with Crippen LogP contribution in [0.25, 0.3) is 0 Å². The molecule has 6 fully saturated rings. The lowest BCUT2D eigenvalue weighted by molar-refractivity contribution is 0.0669.